The summed E-state index contributed by atoms with van der Waals surface area (Å²) in [6.45, 7) is 7.85. The number of rotatable bonds is 8. The van der Waals surface area contributed by atoms with Gasteiger partial charge in [-0.3, -0.25) is 4.79 Å². The fraction of sp³-hybridized carbons (Fsp3) is 0.300. The van der Waals surface area contributed by atoms with Crippen molar-refractivity contribution >= 4 is 29.4 Å². The standard InChI is InChI=1S/C20H24ClN3O2/c1-4-24(5-2)18-10-6-16(7-11-18)14-22-23-20(25)15(3)26-19-12-8-17(21)9-13-19/h6-15H,4-5H2,1-3H3,(H,23,25)/t15-/m0/s1. The summed E-state index contributed by atoms with van der Waals surface area (Å²) in [7, 11) is 0. The van der Waals surface area contributed by atoms with Crippen LogP contribution in [0.25, 0.3) is 0 Å². The second-order valence-electron chi connectivity index (χ2n) is 5.71. The Morgan fingerprint density at radius 3 is 2.35 bits per heavy atom. The van der Waals surface area contributed by atoms with Crippen LogP contribution in [0.4, 0.5) is 5.69 Å². The first-order chi connectivity index (χ1) is 12.5. The van der Waals surface area contributed by atoms with Gasteiger partial charge in [0, 0.05) is 23.8 Å². The molecule has 1 atom stereocenters. The van der Waals surface area contributed by atoms with E-state index in [0.717, 1.165) is 18.7 Å². The molecule has 0 radical (unpaired) electrons. The summed E-state index contributed by atoms with van der Waals surface area (Å²) in [5.74, 6) is 0.254. The lowest BCUT2D eigenvalue weighted by molar-refractivity contribution is -0.127. The Morgan fingerprint density at radius 1 is 1.15 bits per heavy atom. The molecule has 0 heterocycles. The molecule has 0 unspecified atom stereocenters. The SMILES string of the molecule is CCN(CC)c1ccc(C=NNC(=O)[C@H](C)Oc2ccc(Cl)cc2)cc1. The summed E-state index contributed by atoms with van der Waals surface area (Å²) in [5, 5.41) is 4.61. The molecule has 0 aliphatic rings. The maximum absolute atomic E-state index is 12.0. The highest BCUT2D eigenvalue weighted by atomic mass is 35.5. The fourth-order valence-electron chi connectivity index (χ4n) is 2.39. The van der Waals surface area contributed by atoms with Gasteiger partial charge in [0.25, 0.3) is 5.91 Å². The van der Waals surface area contributed by atoms with E-state index in [-0.39, 0.29) is 5.91 Å². The highest BCUT2D eigenvalue weighted by molar-refractivity contribution is 6.30. The summed E-state index contributed by atoms with van der Waals surface area (Å²) in [4.78, 5) is 14.3. The van der Waals surface area contributed by atoms with Crippen LogP contribution in [-0.2, 0) is 4.79 Å². The molecule has 0 fully saturated rings. The molecule has 1 N–H and O–H groups in total. The minimum absolute atomic E-state index is 0.323. The molecule has 2 aromatic rings. The molecule has 2 aromatic carbocycles. The zero-order valence-electron chi connectivity index (χ0n) is 15.3. The van der Waals surface area contributed by atoms with E-state index in [9.17, 15) is 4.79 Å². The summed E-state index contributed by atoms with van der Waals surface area (Å²) >= 11 is 5.82. The molecule has 26 heavy (non-hydrogen) atoms. The first-order valence-electron chi connectivity index (χ1n) is 8.63. The summed E-state index contributed by atoms with van der Waals surface area (Å²) < 4.78 is 5.55. The fourth-order valence-corrected chi connectivity index (χ4v) is 2.52. The van der Waals surface area contributed by atoms with Crippen LogP contribution in [-0.4, -0.2) is 31.3 Å². The molecular formula is C20H24ClN3O2. The molecule has 0 aromatic heterocycles. The van der Waals surface area contributed by atoms with Crippen LogP contribution in [0.1, 0.15) is 26.3 Å². The second-order valence-corrected chi connectivity index (χ2v) is 6.15. The number of carbonyl (C=O) groups excluding carboxylic acids is 1. The molecule has 138 valence electrons. The van der Waals surface area contributed by atoms with E-state index in [4.69, 9.17) is 16.3 Å². The molecule has 6 heteroatoms. The average molecular weight is 374 g/mol. The molecule has 1 amide bonds. The molecular weight excluding hydrogens is 350 g/mol. The number of benzene rings is 2. The van der Waals surface area contributed by atoms with Gasteiger partial charge in [-0.25, -0.2) is 5.43 Å². The Kier molecular flexibility index (Phi) is 7.48. The van der Waals surface area contributed by atoms with E-state index in [0.29, 0.717) is 10.8 Å². The third kappa shape index (κ3) is 5.77. The predicted molar refractivity (Wildman–Crippen MR) is 107 cm³/mol. The normalized spacial score (nSPS) is 12.0. The van der Waals surface area contributed by atoms with Gasteiger partial charge >= 0.3 is 0 Å². The zero-order valence-corrected chi connectivity index (χ0v) is 16.0. The van der Waals surface area contributed by atoms with Crippen LogP contribution in [0.3, 0.4) is 0 Å². The van der Waals surface area contributed by atoms with Crippen molar-refractivity contribution in [2.24, 2.45) is 5.10 Å². The third-order valence-corrected chi connectivity index (χ3v) is 4.16. The topological polar surface area (TPSA) is 53.9 Å². The number of hydrogen-bond acceptors (Lipinski definition) is 4. The van der Waals surface area contributed by atoms with E-state index in [1.165, 1.54) is 5.69 Å². The van der Waals surface area contributed by atoms with Gasteiger partial charge in [0.1, 0.15) is 5.75 Å². The van der Waals surface area contributed by atoms with Gasteiger partial charge in [0.15, 0.2) is 6.10 Å². The quantitative estimate of drug-likeness (QED) is 0.559. The van der Waals surface area contributed by atoms with Crippen molar-refractivity contribution in [1.82, 2.24) is 5.43 Å². The van der Waals surface area contributed by atoms with Gasteiger partial charge in [-0.1, -0.05) is 23.7 Å². The maximum Gasteiger partial charge on any atom is 0.280 e. The van der Waals surface area contributed by atoms with Crippen LogP contribution < -0.4 is 15.1 Å². The van der Waals surface area contributed by atoms with Crippen molar-refractivity contribution in [3.05, 3.63) is 59.1 Å². The number of hydrogen-bond donors (Lipinski definition) is 1. The number of nitrogens with one attached hydrogen (secondary N) is 1. The van der Waals surface area contributed by atoms with E-state index in [2.05, 4.69) is 29.3 Å². The number of nitrogens with zero attached hydrogens (tertiary/aromatic N) is 2. The van der Waals surface area contributed by atoms with Crippen molar-refractivity contribution in [3.8, 4) is 5.75 Å². The molecule has 0 spiro atoms. The van der Waals surface area contributed by atoms with Crippen LogP contribution >= 0.6 is 11.6 Å². The molecule has 0 aliphatic carbocycles. The molecule has 0 saturated carbocycles. The Morgan fingerprint density at radius 2 is 1.77 bits per heavy atom. The largest absolute Gasteiger partial charge is 0.481 e. The number of halogens is 1. The Hall–Kier alpha value is -2.53. The van der Waals surface area contributed by atoms with E-state index < -0.39 is 6.10 Å². The Bertz CT molecular complexity index is 726. The van der Waals surface area contributed by atoms with Gasteiger partial charge in [-0.05, 0) is 62.7 Å². The summed E-state index contributed by atoms with van der Waals surface area (Å²) in [5.41, 5.74) is 4.57. The van der Waals surface area contributed by atoms with Crippen molar-refractivity contribution in [1.29, 1.82) is 0 Å². The van der Waals surface area contributed by atoms with Crippen LogP contribution in [0, 0.1) is 0 Å². The van der Waals surface area contributed by atoms with E-state index in [1.54, 1.807) is 37.4 Å². The molecule has 0 saturated heterocycles. The van der Waals surface area contributed by atoms with Gasteiger partial charge < -0.3 is 9.64 Å². The van der Waals surface area contributed by atoms with Crippen molar-refractivity contribution in [3.63, 3.8) is 0 Å². The highest BCUT2D eigenvalue weighted by Gasteiger charge is 2.13. The summed E-state index contributed by atoms with van der Waals surface area (Å²) in [6.07, 6.45) is 0.942. The number of amides is 1. The highest BCUT2D eigenvalue weighted by Crippen LogP contribution is 2.17. The van der Waals surface area contributed by atoms with E-state index >= 15 is 0 Å². The minimum atomic E-state index is -0.668. The lowest BCUT2D eigenvalue weighted by atomic mass is 10.2. The van der Waals surface area contributed by atoms with Gasteiger partial charge in [0.2, 0.25) is 0 Å². The Labute approximate surface area is 159 Å². The van der Waals surface area contributed by atoms with Crippen molar-refractivity contribution in [2.75, 3.05) is 18.0 Å². The third-order valence-electron chi connectivity index (χ3n) is 3.91. The number of anilines is 1. The first-order valence-corrected chi connectivity index (χ1v) is 9.01. The number of hydrazone groups is 1. The average Bonchev–Trinajstić information content (AvgIpc) is 2.65. The minimum Gasteiger partial charge on any atom is -0.481 e. The van der Waals surface area contributed by atoms with Crippen LogP contribution in [0.15, 0.2) is 53.6 Å². The summed E-state index contributed by atoms with van der Waals surface area (Å²) in [6, 6.07) is 14.9. The van der Waals surface area contributed by atoms with Crippen LogP contribution in [0.5, 0.6) is 5.75 Å². The first kappa shape index (κ1) is 19.8. The van der Waals surface area contributed by atoms with Crippen molar-refractivity contribution < 1.29 is 9.53 Å². The lowest BCUT2D eigenvalue weighted by Gasteiger charge is -2.20. The molecule has 0 aliphatic heterocycles. The number of ether oxygens (including phenoxy) is 1. The van der Waals surface area contributed by atoms with Gasteiger partial charge in [0.05, 0.1) is 6.21 Å². The monoisotopic (exact) mass is 373 g/mol. The maximum atomic E-state index is 12.0. The van der Waals surface area contributed by atoms with Crippen molar-refractivity contribution in [2.45, 2.75) is 26.9 Å². The molecule has 0 bridgehead atoms. The van der Waals surface area contributed by atoms with Gasteiger partial charge in [-0.15, -0.1) is 0 Å². The van der Waals surface area contributed by atoms with Crippen LogP contribution in [0.2, 0.25) is 5.02 Å². The lowest BCUT2D eigenvalue weighted by Crippen LogP contribution is -2.33. The van der Waals surface area contributed by atoms with Gasteiger partial charge in [-0.2, -0.15) is 5.10 Å². The van der Waals surface area contributed by atoms with E-state index in [1.807, 2.05) is 24.3 Å². The zero-order chi connectivity index (χ0) is 18.9. The number of carbonyl (C=O) groups is 1. The molecule has 5 nitrogen and oxygen atoms in total. The predicted octanol–water partition coefficient (Wildman–Crippen LogP) is 4.10. The smallest absolute Gasteiger partial charge is 0.280 e. The Balaban J connectivity index is 1.86. The second kappa shape index (κ2) is 9.82. The molecule has 2 rings (SSSR count).